The van der Waals surface area contributed by atoms with Crippen LogP contribution in [0.1, 0.15) is 31.1 Å². The van der Waals surface area contributed by atoms with Gasteiger partial charge in [0.2, 0.25) is 0 Å². The largest absolute Gasteiger partial charge is 0.394 e. The number of ether oxygens (including phenoxy) is 1. The molecule has 0 saturated carbocycles. The minimum atomic E-state index is -0.823. The molecule has 1 aromatic rings. The number of aliphatic hydroxyl groups is 2. The monoisotopic (exact) mass is 311 g/mol. The van der Waals surface area contributed by atoms with Crippen molar-refractivity contribution in [3.63, 3.8) is 0 Å². The standard InChI is InChI=1S/C14H21N3O5/c18-8-11-10(19)5-12(22-11)17-7-9(13(20)15-14(17)21)6-16-3-1-2-4-16/h7,10-12,18-19H,1-6,8H2,(H,15,20,21)/t10-,11+,12+/m0/s1. The number of H-pyrrole nitrogens is 1. The van der Waals surface area contributed by atoms with Crippen molar-refractivity contribution in [2.75, 3.05) is 19.7 Å². The fourth-order valence-electron chi connectivity index (χ4n) is 3.09. The van der Waals surface area contributed by atoms with E-state index in [0.29, 0.717) is 12.1 Å². The summed E-state index contributed by atoms with van der Waals surface area (Å²) >= 11 is 0. The van der Waals surface area contributed by atoms with Crippen LogP contribution >= 0.6 is 0 Å². The van der Waals surface area contributed by atoms with Gasteiger partial charge in [0.1, 0.15) is 12.3 Å². The molecule has 2 aliphatic rings. The molecule has 122 valence electrons. The Bertz CT molecular complexity index is 634. The number of aliphatic hydroxyl groups excluding tert-OH is 2. The van der Waals surface area contributed by atoms with Crippen LogP contribution in [0.25, 0.3) is 0 Å². The molecule has 2 fully saturated rings. The van der Waals surface area contributed by atoms with Gasteiger partial charge in [-0.05, 0) is 25.9 Å². The van der Waals surface area contributed by atoms with Crippen molar-refractivity contribution in [3.8, 4) is 0 Å². The van der Waals surface area contributed by atoms with Crippen LogP contribution in [0.15, 0.2) is 15.8 Å². The Morgan fingerprint density at radius 1 is 1.32 bits per heavy atom. The lowest BCUT2D eigenvalue weighted by Crippen LogP contribution is -2.36. The summed E-state index contributed by atoms with van der Waals surface area (Å²) in [6, 6.07) is 0. The molecule has 0 aromatic carbocycles. The maximum absolute atomic E-state index is 12.0. The van der Waals surface area contributed by atoms with Crippen molar-refractivity contribution >= 4 is 0 Å². The molecule has 8 heteroatoms. The van der Waals surface area contributed by atoms with E-state index in [0.717, 1.165) is 25.9 Å². The zero-order chi connectivity index (χ0) is 15.7. The molecule has 22 heavy (non-hydrogen) atoms. The van der Waals surface area contributed by atoms with Gasteiger partial charge in [-0.3, -0.25) is 19.2 Å². The molecule has 3 N–H and O–H groups in total. The van der Waals surface area contributed by atoms with Crippen LogP contribution in [0.4, 0.5) is 0 Å². The highest BCUT2D eigenvalue weighted by atomic mass is 16.5. The third-order valence-corrected chi connectivity index (χ3v) is 4.33. The first kappa shape index (κ1) is 15.4. The van der Waals surface area contributed by atoms with Crippen LogP contribution in [0.3, 0.4) is 0 Å². The van der Waals surface area contributed by atoms with Gasteiger partial charge >= 0.3 is 5.69 Å². The quantitative estimate of drug-likeness (QED) is 0.643. The lowest BCUT2D eigenvalue weighted by molar-refractivity contribution is -0.0460. The van der Waals surface area contributed by atoms with Gasteiger partial charge in [0.15, 0.2) is 0 Å². The van der Waals surface area contributed by atoms with Crippen LogP contribution in [0.5, 0.6) is 0 Å². The van der Waals surface area contributed by atoms with E-state index in [1.165, 1.54) is 10.8 Å². The number of nitrogens with one attached hydrogen (secondary N) is 1. The van der Waals surface area contributed by atoms with Gasteiger partial charge in [-0.1, -0.05) is 0 Å². The van der Waals surface area contributed by atoms with Gasteiger partial charge in [0.05, 0.1) is 12.7 Å². The van der Waals surface area contributed by atoms with Gasteiger partial charge in [-0.2, -0.15) is 0 Å². The van der Waals surface area contributed by atoms with E-state index in [-0.39, 0.29) is 18.6 Å². The molecule has 0 spiro atoms. The van der Waals surface area contributed by atoms with Gasteiger partial charge < -0.3 is 14.9 Å². The molecular weight excluding hydrogens is 290 g/mol. The minimum absolute atomic E-state index is 0.209. The first-order valence-electron chi connectivity index (χ1n) is 7.59. The van der Waals surface area contributed by atoms with Crippen molar-refractivity contribution < 1.29 is 14.9 Å². The molecule has 2 saturated heterocycles. The maximum Gasteiger partial charge on any atom is 0.330 e. The van der Waals surface area contributed by atoms with E-state index >= 15 is 0 Å². The van der Waals surface area contributed by atoms with E-state index in [1.807, 2.05) is 0 Å². The van der Waals surface area contributed by atoms with Crippen LogP contribution in [0.2, 0.25) is 0 Å². The number of hydrogen-bond donors (Lipinski definition) is 3. The Labute approximate surface area is 127 Å². The molecule has 8 nitrogen and oxygen atoms in total. The molecule has 3 atom stereocenters. The average Bonchev–Trinajstić information content (AvgIpc) is 3.11. The zero-order valence-electron chi connectivity index (χ0n) is 12.3. The van der Waals surface area contributed by atoms with Crippen molar-refractivity contribution in [1.82, 2.24) is 14.5 Å². The maximum atomic E-state index is 12.0. The van der Waals surface area contributed by atoms with E-state index in [2.05, 4.69) is 9.88 Å². The Morgan fingerprint density at radius 2 is 2.05 bits per heavy atom. The Hall–Kier alpha value is -1.48. The third-order valence-electron chi connectivity index (χ3n) is 4.33. The molecule has 0 bridgehead atoms. The second-order valence-corrected chi connectivity index (χ2v) is 5.92. The van der Waals surface area contributed by atoms with Crippen molar-refractivity contribution in [2.24, 2.45) is 0 Å². The molecule has 3 rings (SSSR count). The number of hydrogen-bond acceptors (Lipinski definition) is 6. The topological polar surface area (TPSA) is 108 Å². The smallest absolute Gasteiger partial charge is 0.330 e. The first-order chi connectivity index (χ1) is 10.6. The fraction of sp³-hybridized carbons (Fsp3) is 0.714. The molecule has 0 aliphatic carbocycles. The summed E-state index contributed by atoms with van der Waals surface area (Å²) in [6.07, 6.45) is 1.76. The first-order valence-corrected chi connectivity index (χ1v) is 7.59. The Balaban J connectivity index is 1.85. The van der Waals surface area contributed by atoms with Crippen LogP contribution in [-0.2, 0) is 11.3 Å². The van der Waals surface area contributed by atoms with E-state index in [4.69, 9.17) is 9.84 Å². The molecule has 3 heterocycles. The van der Waals surface area contributed by atoms with Crippen molar-refractivity contribution in [1.29, 1.82) is 0 Å². The number of aromatic nitrogens is 2. The predicted octanol–water partition coefficient (Wildman–Crippen LogP) is -1.23. The zero-order valence-corrected chi connectivity index (χ0v) is 12.3. The molecular formula is C14H21N3O5. The number of rotatable bonds is 4. The summed E-state index contributed by atoms with van der Waals surface area (Å²) in [5.74, 6) is 0. The van der Waals surface area contributed by atoms with Crippen molar-refractivity contribution in [3.05, 3.63) is 32.6 Å². The summed E-state index contributed by atoms with van der Waals surface area (Å²) < 4.78 is 6.78. The van der Waals surface area contributed by atoms with Crippen LogP contribution in [-0.4, -0.2) is 56.6 Å². The Kier molecular flexibility index (Phi) is 4.44. The summed E-state index contributed by atoms with van der Waals surface area (Å²) in [5, 5.41) is 18.9. The lowest BCUT2D eigenvalue weighted by Gasteiger charge is -2.17. The van der Waals surface area contributed by atoms with E-state index < -0.39 is 24.1 Å². The Morgan fingerprint density at radius 3 is 2.68 bits per heavy atom. The van der Waals surface area contributed by atoms with Gasteiger partial charge in [0, 0.05) is 24.7 Å². The normalized spacial score (nSPS) is 29.3. The average molecular weight is 311 g/mol. The highest BCUT2D eigenvalue weighted by Crippen LogP contribution is 2.27. The minimum Gasteiger partial charge on any atom is -0.394 e. The SMILES string of the molecule is O=c1[nH]c(=O)n([C@H]2C[C@H](O)[C@@H](CO)O2)cc1CN1CCCC1. The molecule has 1 aromatic heterocycles. The molecule has 0 radical (unpaired) electrons. The summed E-state index contributed by atoms with van der Waals surface area (Å²) in [7, 11) is 0. The molecule has 0 amide bonds. The van der Waals surface area contributed by atoms with Crippen LogP contribution < -0.4 is 11.2 Å². The van der Waals surface area contributed by atoms with E-state index in [1.54, 1.807) is 0 Å². The van der Waals surface area contributed by atoms with Gasteiger partial charge in [-0.25, -0.2) is 4.79 Å². The second kappa shape index (κ2) is 6.33. The second-order valence-electron chi connectivity index (χ2n) is 5.92. The van der Waals surface area contributed by atoms with E-state index in [9.17, 15) is 14.7 Å². The third kappa shape index (κ3) is 3.00. The number of aromatic amines is 1. The summed E-state index contributed by atoms with van der Waals surface area (Å²) in [4.78, 5) is 28.4. The fourth-order valence-corrected chi connectivity index (χ4v) is 3.09. The van der Waals surface area contributed by atoms with Gasteiger partial charge in [-0.15, -0.1) is 0 Å². The predicted molar refractivity (Wildman–Crippen MR) is 77.5 cm³/mol. The summed E-state index contributed by atoms with van der Waals surface area (Å²) in [6.45, 7) is 2.08. The number of likely N-dealkylation sites (tertiary alicyclic amines) is 1. The molecule has 0 unspecified atom stereocenters. The van der Waals surface area contributed by atoms with Crippen LogP contribution in [0, 0.1) is 0 Å². The highest BCUT2D eigenvalue weighted by Gasteiger charge is 2.35. The molecule has 2 aliphatic heterocycles. The highest BCUT2D eigenvalue weighted by molar-refractivity contribution is 5.05. The summed E-state index contributed by atoms with van der Waals surface area (Å²) in [5.41, 5.74) is -0.441. The number of nitrogens with zero attached hydrogens (tertiary/aromatic N) is 2. The lowest BCUT2D eigenvalue weighted by atomic mass is 10.2. The van der Waals surface area contributed by atoms with Gasteiger partial charge in [0.25, 0.3) is 5.56 Å². The van der Waals surface area contributed by atoms with Crippen molar-refractivity contribution in [2.45, 2.75) is 44.2 Å².